The molecule has 0 aromatic carbocycles. The van der Waals surface area contributed by atoms with Crippen LogP contribution >= 0.6 is 0 Å². The Bertz CT molecular complexity index is 569. The Balaban J connectivity index is 1.94. The molecule has 0 unspecified atom stereocenters. The molecule has 0 fully saturated rings. The largest absolute Gasteiger partial charge is 0.480 e. The van der Waals surface area contributed by atoms with Gasteiger partial charge in [-0.1, -0.05) is 6.07 Å². The van der Waals surface area contributed by atoms with Gasteiger partial charge in [0.25, 0.3) is 0 Å². The van der Waals surface area contributed by atoms with Gasteiger partial charge in [-0.2, -0.15) is 0 Å². The summed E-state index contributed by atoms with van der Waals surface area (Å²) < 4.78 is 0. The number of nitrogens with one attached hydrogen (secondary N) is 2. The molecule has 1 atom stereocenters. The minimum absolute atomic E-state index is 0.0978. The molecule has 3 N–H and O–H groups in total. The fraction of sp³-hybridized carbons (Fsp3) is 0.231. The van der Waals surface area contributed by atoms with Crippen LogP contribution < -0.4 is 5.32 Å². The molecule has 2 rings (SSSR count). The van der Waals surface area contributed by atoms with Gasteiger partial charge in [-0.25, -0.2) is 9.78 Å². The molecule has 0 aliphatic heterocycles. The molecular weight excluding hydrogens is 260 g/mol. The molecule has 7 heteroatoms. The van der Waals surface area contributed by atoms with Gasteiger partial charge in [0.2, 0.25) is 5.91 Å². The van der Waals surface area contributed by atoms with Crippen LogP contribution in [-0.4, -0.2) is 38.0 Å². The lowest BCUT2D eigenvalue weighted by Gasteiger charge is -2.13. The predicted octanol–water partition coefficient (Wildman–Crippen LogP) is 0.159. The molecule has 0 aliphatic rings. The number of aliphatic carboxylic acids is 1. The van der Waals surface area contributed by atoms with Gasteiger partial charge < -0.3 is 15.4 Å². The maximum atomic E-state index is 11.8. The van der Waals surface area contributed by atoms with Gasteiger partial charge in [-0.3, -0.25) is 9.78 Å². The van der Waals surface area contributed by atoms with E-state index in [9.17, 15) is 9.59 Å². The zero-order valence-corrected chi connectivity index (χ0v) is 10.6. The summed E-state index contributed by atoms with van der Waals surface area (Å²) in [5, 5.41) is 11.6. The molecular formula is C13H14N4O3. The van der Waals surface area contributed by atoms with Gasteiger partial charge in [-0.15, -0.1) is 0 Å². The van der Waals surface area contributed by atoms with Gasteiger partial charge in [0.15, 0.2) is 0 Å². The smallest absolute Gasteiger partial charge is 0.326 e. The molecule has 0 radical (unpaired) electrons. The van der Waals surface area contributed by atoms with E-state index in [0.29, 0.717) is 5.69 Å². The number of aromatic nitrogens is 3. The molecule has 7 nitrogen and oxygen atoms in total. The van der Waals surface area contributed by atoms with Crippen molar-refractivity contribution in [2.24, 2.45) is 0 Å². The SMILES string of the molecule is O=C(Cc1cccnc1)N[C@@H](Cc1cnc[nH]1)C(=O)O. The van der Waals surface area contributed by atoms with E-state index < -0.39 is 12.0 Å². The highest BCUT2D eigenvalue weighted by atomic mass is 16.4. The van der Waals surface area contributed by atoms with Gasteiger partial charge in [0.1, 0.15) is 6.04 Å². The van der Waals surface area contributed by atoms with Crippen LogP contribution in [0.3, 0.4) is 0 Å². The first-order valence-corrected chi connectivity index (χ1v) is 6.03. The molecule has 20 heavy (non-hydrogen) atoms. The van der Waals surface area contributed by atoms with Crippen LogP contribution in [0.1, 0.15) is 11.3 Å². The van der Waals surface area contributed by atoms with Crippen molar-refractivity contribution in [2.45, 2.75) is 18.9 Å². The average Bonchev–Trinajstić information content (AvgIpc) is 2.92. The Hall–Kier alpha value is -2.70. The van der Waals surface area contributed by atoms with E-state index in [-0.39, 0.29) is 18.7 Å². The molecule has 2 aromatic rings. The fourth-order valence-electron chi connectivity index (χ4n) is 1.75. The molecule has 0 saturated carbocycles. The topological polar surface area (TPSA) is 108 Å². The van der Waals surface area contributed by atoms with Gasteiger partial charge in [0, 0.05) is 30.7 Å². The Kier molecular flexibility index (Phi) is 4.43. The quantitative estimate of drug-likeness (QED) is 0.695. The molecule has 104 valence electrons. The second-order valence-corrected chi connectivity index (χ2v) is 4.28. The van der Waals surface area contributed by atoms with Crippen LogP contribution in [0.2, 0.25) is 0 Å². The third-order valence-electron chi connectivity index (χ3n) is 2.70. The molecule has 0 bridgehead atoms. The van der Waals surface area contributed by atoms with Gasteiger partial charge in [0.05, 0.1) is 12.7 Å². The molecule has 0 saturated heterocycles. The van der Waals surface area contributed by atoms with Gasteiger partial charge >= 0.3 is 5.97 Å². The van der Waals surface area contributed by atoms with E-state index in [4.69, 9.17) is 5.11 Å². The van der Waals surface area contributed by atoms with Crippen LogP contribution in [0, 0.1) is 0 Å². The summed E-state index contributed by atoms with van der Waals surface area (Å²) in [4.78, 5) is 33.5. The van der Waals surface area contributed by atoms with Crippen molar-refractivity contribution in [3.63, 3.8) is 0 Å². The number of carbonyl (C=O) groups is 2. The molecule has 0 aliphatic carbocycles. The highest BCUT2D eigenvalue weighted by Crippen LogP contribution is 2.01. The molecule has 2 heterocycles. The predicted molar refractivity (Wildman–Crippen MR) is 69.8 cm³/mol. The van der Waals surface area contributed by atoms with Crippen molar-refractivity contribution in [1.82, 2.24) is 20.3 Å². The van der Waals surface area contributed by atoms with E-state index >= 15 is 0 Å². The summed E-state index contributed by atoms with van der Waals surface area (Å²) in [7, 11) is 0. The number of hydrogen-bond donors (Lipinski definition) is 3. The van der Waals surface area contributed by atoms with Crippen molar-refractivity contribution in [2.75, 3.05) is 0 Å². The number of rotatable bonds is 6. The fourth-order valence-corrected chi connectivity index (χ4v) is 1.75. The summed E-state index contributed by atoms with van der Waals surface area (Å²) >= 11 is 0. The Morgan fingerprint density at radius 3 is 2.80 bits per heavy atom. The average molecular weight is 274 g/mol. The monoisotopic (exact) mass is 274 g/mol. The number of hydrogen-bond acceptors (Lipinski definition) is 4. The van der Waals surface area contributed by atoms with Crippen LogP contribution in [0.25, 0.3) is 0 Å². The number of nitrogens with zero attached hydrogens (tertiary/aromatic N) is 2. The Morgan fingerprint density at radius 1 is 1.35 bits per heavy atom. The first-order chi connectivity index (χ1) is 9.65. The van der Waals surface area contributed by atoms with Crippen molar-refractivity contribution in [1.29, 1.82) is 0 Å². The molecule has 1 amide bonds. The number of H-pyrrole nitrogens is 1. The Labute approximate surface area is 115 Å². The van der Waals surface area contributed by atoms with Crippen molar-refractivity contribution >= 4 is 11.9 Å². The highest BCUT2D eigenvalue weighted by molar-refractivity contribution is 5.84. The summed E-state index contributed by atoms with van der Waals surface area (Å²) in [5.41, 5.74) is 1.38. The maximum absolute atomic E-state index is 11.8. The minimum Gasteiger partial charge on any atom is -0.480 e. The van der Waals surface area contributed by atoms with Crippen molar-refractivity contribution in [3.8, 4) is 0 Å². The second-order valence-electron chi connectivity index (χ2n) is 4.28. The van der Waals surface area contributed by atoms with Crippen LogP contribution in [0.15, 0.2) is 37.1 Å². The highest BCUT2D eigenvalue weighted by Gasteiger charge is 2.21. The van der Waals surface area contributed by atoms with Crippen LogP contribution in [0.5, 0.6) is 0 Å². The number of imidazole rings is 1. The zero-order chi connectivity index (χ0) is 14.4. The Morgan fingerprint density at radius 2 is 2.20 bits per heavy atom. The number of carboxylic acid groups (broad SMARTS) is 1. The number of amides is 1. The van der Waals surface area contributed by atoms with Gasteiger partial charge in [-0.05, 0) is 11.6 Å². The molecule has 0 spiro atoms. The van der Waals surface area contributed by atoms with E-state index in [2.05, 4.69) is 20.3 Å². The summed E-state index contributed by atoms with van der Waals surface area (Å²) in [6.45, 7) is 0. The zero-order valence-electron chi connectivity index (χ0n) is 10.6. The van der Waals surface area contributed by atoms with Crippen LogP contribution in [0.4, 0.5) is 0 Å². The minimum atomic E-state index is -1.08. The third-order valence-corrected chi connectivity index (χ3v) is 2.70. The van der Waals surface area contributed by atoms with E-state index in [1.54, 1.807) is 24.5 Å². The maximum Gasteiger partial charge on any atom is 0.326 e. The lowest BCUT2D eigenvalue weighted by Crippen LogP contribution is -2.43. The lowest BCUT2D eigenvalue weighted by atomic mass is 10.1. The third kappa shape index (κ3) is 3.91. The number of aromatic amines is 1. The number of pyridine rings is 1. The first-order valence-electron chi connectivity index (χ1n) is 6.03. The van der Waals surface area contributed by atoms with E-state index in [1.165, 1.54) is 12.5 Å². The standard InChI is InChI=1S/C13H14N4O3/c18-12(4-9-2-1-3-14-6-9)17-11(13(19)20)5-10-7-15-8-16-10/h1-3,6-8,11H,4-5H2,(H,15,16)(H,17,18)(H,19,20)/t11-/m0/s1. The van der Waals surface area contributed by atoms with Crippen LogP contribution in [-0.2, 0) is 22.4 Å². The van der Waals surface area contributed by atoms with Crippen molar-refractivity contribution in [3.05, 3.63) is 48.3 Å². The van der Waals surface area contributed by atoms with Crippen molar-refractivity contribution < 1.29 is 14.7 Å². The molecule has 2 aromatic heterocycles. The number of carbonyl (C=O) groups excluding carboxylic acids is 1. The normalized spacial score (nSPS) is 11.8. The first kappa shape index (κ1) is 13.7. The summed E-state index contributed by atoms with van der Waals surface area (Å²) in [6.07, 6.45) is 6.44. The number of carboxylic acids is 1. The summed E-state index contributed by atoms with van der Waals surface area (Å²) in [5.74, 6) is -1.44. The van der Waals surface area contributed by atoms with E-state index in [0.717, 1.165) is 5.56 Å². The summed E-state index contributed by atoms with van der Waals surface area (Å²) in [6, 6.07) is 2.50. The second kappa shape index (κ2) is 6.46. The van der Waals surface area contributed by atoms with E-state index in [1.807, 2.05) is 0 Å². The lowest BCUT2D eigenvalue weighted by molar-refractivity contribution is -0.141.